The summed E-state index contributed by atoms with van der Waals surface area (Å²) in [6.07, 6.45) is 2.26. The van der Waals surface area contributed by atoms with Crippen LogP contribution < -0.4 is 10.6 Å². The van der Waals surface area contributed by atoms with Gasteiger partial charge in [0, 0.05) is 26.7 Å². The molecule has 4 heteroatoms. The molecule has 0 radical (unpaired) electrons. The number of ether oxygens (including phenoxy) is 1. The summed E-state index contributed by atoms with van der Waals surface area (Å²) in [6.45, 7) is 9.05. The molecule has 1 aliphatic heterocycles. The maximum absolute atomic E-state index is 5.80. The Morgan fingerprint density at radius 1 is 1.41 bits per heavy atom. The number of benzene rings is 1. The summed E-state index contributed by atoms with van der Waals surface area (Å²) >= 11 is 0. The number of aryl methyl sites for hydroxylation is 1. The summed E-state index contributed by atoms with van der Waals surface area (Å²) in [7, 11) is 1.81. The van der Waals surface area contributed by atoms with Crippen LogP contribution in [0.3, 0.4) is 0 Å². The molecule has 2 unspecified atom stereocenters. The van der Waals surface area contributed by atoms with Crippen molar-refractivity contribution < 1.29 is 4.74 Å². The molecule has 1 aromatic carbocycles. The number of aliphatic imine (C=N–C) groups is 1. The van der Waals surface area contributed by atoms with Crippen molar-refractivity contribution in [3.63, 3.8) is 0 Å². The second-order valence-corrected chi connectivity index (χ2v) is 6.52. The fraction of sp³-hybridized carbons (Fsp3) is 0.611. The van der Waals surface area contributed by atoms with Crippen molar-refractivity contribution >= 4 is 5.96 Å². The van der Waals surface area contributed by atoms with Gasteiger partial charge in [0.05, 0.1) is 5.60 Å². The van der Waals surface area contributed by atoms with Crippen molar-refractivity contribution in [3.05, 3.63) is 35.4 Å². The zero-order chi connectivity index (χ0) is 16.0. The zero-order valence-electron chi connectivity index (χ0n) is 14.3. The van der Waals surface area contributed by atoms with Crippen molar-refractivity contribution in [2.24, 2.45) is 4.99 Å². The third kappa shape index (κ3) is 4.73. The molecule has 1 heterocycles. The molecule has 0 bridgehead atoms. The van der Waals surface area contributed by atoms with E-state index in [0.717, 1.165) is 38.5 Å². The average Bonchev–Trinajstić information content (AvgIpc) is 2.94. The van der Waals surface area contributed by atoms with Gasteiger partial charge in [-0.15, -0.1) is 0 Å². The Labute approximate surface area is 134 Å². The molecule has 2 atom stereocenters. The zero-order valence-corrected chi connectivity index (χ0v) is 14.3. The Balaban J connectivity index is 1.81. The van der Waals surface area contributed by atoms with E-state index in [-0.39, 0.29) is 5.60 Å². The minimum absolute atomic E-state index is 0.0558. The van der Waals surface area contributed by atoms with Crippen LogP contribution in [0.5, 0.6) is 0 Å². The van der Waals surface area contributed by atoms with Gasteiger partial charge in [-0.2, -0.15) is 0 Å². The Bertz CT molecular complexity index is 507. The van der Waals surface area contributed by atoms with Crippen LogP contribution in [0.2, 0.25) is 0 Å². The molecule has 4 nitrogen and oxygen atoms in total. The lowest BCUT2D eigenvalue weighted by atomic mass is 9.99. The number of hydrogen-bond acceptors (Lipinski definition) is 2. The van der Waals surface area contributed by atoms with E-state index in [1.807, 2.05) is 7.05 Å². The molecule has 2 N–H and O–H groups in total. The molecule has 0 aromatic heterocycles. The summed E-state index contributed by atoms with van der Waals surface area (Å²) in [6, 6.07) is 8.68. The van der Waals surface area contributed by atoms with Crippen molar-refractivity contribution in [2.45, 2.75) is 45.1 Å². The predicted molar refractivity (Wildman–Crippen MR) is 92.5 cm³/mol. The molecule has 2 rings (SSSR count). The number of nitrogens with zero attached hydrogens (tertiary/aromatic N) is 1. The maximum atomic E-state index is 5.80. The molecule has 122 valence electrons. The number of guanidine groups is 1. The van der Waals surface area contributed by atoms with E-state index in [9.17, 15) is 0 Å². The highest BCUT2D eigenvalue weighted by atomic mass is 16.5. The lowest BCUT2D eigenvalue weighted by Crippen LogP contribution is -2.46. The first-order chi connectivity index (χ1) is 10.5. The highest BCUT2D eigenvalue weighted by Crippen LogP contribution is 2.23. The fourth-order valence-corrected chi connectivity index (χ4v) is 2.81. The Morgan fingerprint density at radius 3 is 2.86 bits per heavy atom. The average molecular weight is 303 g/mol. The van der Waals surface area contributed by atoms with Gasteiger partial charge in [0.2, 0.25) is 0 Å². The highest BCUT2D eigenvalue weighted by Gasteiger charge is 2.29. The molecule has 0 amide bonds. The predicted octanol–water partition coefficient (Wildman–Crippen LogP) is 2.83. The normalized spacial score (nSPS) is 23.4. The Hall–Kier alpha value is -1.55. The largest absolute Gasteiger partial charge is 0.373 e. The van der Waals surface area contributed by atoms with Gasteiger partial charge < -0.3 is 15.4 Å². The van der Waals surface area contributed by atoms with Crippen LogP contribution in [0.25, 0.3) is 0 Å². The van der Waals surface area contributed by atoms with Crippen LogP contribution in [-0.2, 0) is 4.74 Å². The fourth-order valence-electron chi connectivity index (χ4n) is 2.81. The standard InChI is InChI=1S/C18H29N3O/c1-14-7-5-8-16(11-14)15(2)12-20-17(19-4)21-13-18(3)9-6-10-22-18/h5,7-8,11,15H,6,9-10,12-13H2,1-4H3,(H2,19,20,21). The van der Waals surface area contributed by atoms with E-state index < -0.39 is 0 Å². The summed E-state index contributed by atoms with van der Waals surface area (Å²) in [5, 5.41) is 6.80. The van der Waals surface area contributed by atoms with E-state index in [1.54, 1.807) is 0 Å². The number of nitrogens with one attached hydrogen (secondary N) is 2. The van der Waals surface area contributed by atoms with E-state index in [1.165, 1.54) is 11.1 Å². The topological polar surface area (TPSA) is 45.7 Å². The van der Waals surface area contributed by atoms with Crippen LogP contribution in [0.1, 0.15) is 43.7 Å². The van der Waals surface area contributed by atoms with Crippen molar-refractivity contribution in [3.8, 4) is 0 Å². The molecular weight excluding hydrogens is 274 g/mol. The molecule has 1 aliphatic rings. The SMILES string of the molecule is CN=C(NCC(C)c1cccc(C)c1)NCC1(C)CCCO1. The highest BCUT2D eigenvalue weighted by molar-refractivity contribution is 5.79. The molecule has 0 saturated carbocycles. The number of rotatable bonds is 5. The van der Waals surface area contributed by atoms with Crippen LogP contribution >= 0.6 is 0 Å². The van der Waals surface area contributed by atoms with Gasteiger partial charge >= 0.3 is 0 Å². The summed E-state index contributed by atoms with van der Waals surface area (Å²) in [4.78, 5) is 4.30. The summed E-state index contributed by atoms with van der Waals surface area (Å²) in [5.41, 5.74) is 2.60. The monoisotopic (exact) mass is 303 g/mol. The van der Waals surface area contributed by atoms with Crippen LogP contribution in [0.15, 0.2) is 29.3 Å². The minimum atomic E-state index is -0.0558. The second-order valence-electron chi connectivity index (χ2n) is 6.52. The van der Waals surface area contributed by atoms with E-state index in [0.29, 0.717) is 5.92 Å². The van der Waals surface area contributed by atoms with Crippen molar-refractivity contribution in [2.75, 3.05) is 26.7 Å². The van der Waals surface area contributed by atoms with Gasteiger partial charge in [-0.3, -0.25) is 4.99 Å². The number of hydrogen-bond donors (Lipinski definition) is 2. The summed E-state index contributed by atoms with van der Waals surface area (Å²) in [5.74, 6) is 1.29. The third-order valence-corrected chi connectivity index (χ3v) is 4.34. The Kier molecular flexibility index (Phi) is 5.83. The molecule has 1 saturated heterocycles. The first-order valence-electron chi connectivity index (χ1n) is 8.17. The van der Waals surface area contributed by atoms with Crippen LogP contribution in [-0.4, -0.2) is 38.3 Å². The van der Waals surface area contributed by atoms with Gasteiger partial charge in [0.25, 0.3) is 0 Å². The van der Waals surface area contributed by atoms with Gasteiger partial charge in [-0.05, 0) is 38.2 Å². The smallest absolute Gasteiger partial charge is 0.191 e. The van der Waals surface area contributed by atoms with Gasteiger partial charge in [0.15, 0.2) is 5.96 Å². The first-order valence-corrected chi connectivity index (χ1v) is 8.17. The summed E-state index contributed by atoms with van der Waals surface area (Å²) < 4.78 is 5.80. The van der Waals surface area contributed by atoms with E-state index in [2.05, 4.69) is 60.7 Å². The van der Waals surface area contributed by atoms with Gasteiger partial charge in [-0.1, -0.05) is 36.8 Å². The van der Waals surface area contributed by atoms with Gasteiger partial charge in [-0.25, -0.2) is 0 Å². The minimum Gasteiger partial charge on any atom is -0.373 e. The lowest BCUT2D eigenvalue weighted by molar-refractivity contribution is 0.0243. The van der Waals surface area contributed by atoms with Crippen molar-refractivity contribution in [1.82, 2.24) is 10.6 Å². The molecule has 1 aromatic rings. The molecule has 0 spiro atoms. The molecule has 1 fully saturated rings. The Morgan fingerprint density at radius 2 is 2.23 bits per heavy atom. The molecule has 0 aliphatic carbocycles. The second kappa shape index (κ2) is 7.63. The lowest BCUT2D eigenvalue weighted by Gasteiger charge is -2.25. The van der Waals surface area contributed by atoms with Gasteiger partial charge in [0.1, 0.15) is 0 Å². The molecular formula is C18H29N3O. The van der Waals surface area contributed by atoms with E-state index >= 15 is 0 Å². The van der Waals surface area contributed by atoms with Crippen LogP contribution in [0.4, 0.5) is 0 Å². The van der Waals surface area contributed by atoms with Crippen molar-refractivity contribution in [1.29, 1.82) is 0 Å². The van der Waals surface area contributed by atoms with Crippen LogP contribution in [0, 0.1) is 6.92 Å². The quantitative estimate of drug-likeness (QED) is 0.649. The first kappa shape index (κ1) is 16.8. The molecule has 22 heavy (non-hydrogen) atoms. The third-order valence-electron chi connectivity index (χ3n) is 4.34. The van der Waals surface area contributed by atoms with E-state index in [4.69, 9.17) is 4.74 Å². The maximum Gasteiger partial charge on any atom is 0.191 e.